The fraction of sp³-hybridized carbons (Fsp3) is 1.00. The van der Waals surface area contributed by atoms with Crippen molar-refractivity contribution in [3.05, 3.63) is 0 Å². The summed E-state index contributed by atoms with van der Waals surface area (Å²) in [6.07, 6.45) is 7.30. The molecule has 10 atom stereocenters. The molecular weight excluding hydrogens is 425 g/mol. The maximum absolute atomic E-state index is 13.7. The van der Waals surface area contributed by atoms with Crippen molar-refractivity contribution in [1.29, 1.82) is 0 Å². The van der Waals surface area contributed by atoms with Crippen LogP contribution < -0.4 is 0 Å². The molecule has 0 unspecified atom stereocenters. The Hall–Kier alpha value is -0.290. The molecule has 5 aliphatic carbocycles. The Balaban J connectivity index is 1.35. The van der Waals surface area contributed by atoms with Crippen LogP contribution in [0.25, 0.3) is 0 Å². The van der Waals surface area contributed by atoms with E-state index in [0.29, 0.717) is 17.3 Å². The Bertz CT molecular complexity index is 735. The van der Waals surface area contributed by atoms with Crippen LogP contribution in [0.5, 0.6) is 0 Å². The van der Waals surface area contributed by atoms with Crippen molar-refractivity contribution >= 4 is 0 Å². The average molecular weight is 471 g/mol. The molecule has 0 aromatic carbocycles. The van der Waals surface area contributed by atoms with E-state index in [1.165, 1.54) is 58.5 Å². The number of hydrogen-bond acceptors (Lipinski definition) is 2. The second-order valence-corrected chi connectivity index (χ2v) is 13.2. The number of halogens is 3. The number of rotatable bonds is 5. The van der Waals surface area contributed by atoms with Gasteiger partial charge in [-0.3, -0.25) is 0 Å². The predicted molar refractivity (Wildman–Crippen MR) is 124 cm³/mol. The number of fused-ring (bicyclic) bond motifs is 5. The van der Waals surface area contributed by atoms with Gasteiger partial charge in [0.2, 0.25) is 0 Å². The molecule has 190 valence electrons. The molecule has 33 heavy (non-hydrogen) atoms. The molecule has 0 aliphatic heterocycles. The van der Waals surface area contributed by atoms with Gasteiger partial charge in [0.25, 0.3) is 0 Å². The van der Waals surface area contributed by atoms with Crippen LogP contribution in [0, 0.1) is 52.3 Å². The standard InChI is InChI=1S/C28H45F3O2/c1-17(24(32-4)28(29,30)31)21-10-11-22-20-9-8-19-16-27(33-5,18-6-7-18)15-14-25(19,2)23(20)12-13-26(21,22)3/h17-24H,6-16H2,1-5H3/t17-,19+,20-,21+,22-,23-,24-,25-,26+,27+/m0/s1. The van der Waals surface area contributed by atoms with Crippen LogP contribution in [0.2, 0.25) is 0 Å². The zero-order valence-electron chi connectivity index (χ0n) is 21.3. The smallest absolute Gasteiger partial charge is 0.378 e. The van der Waals surface area contributed by atoms with Gasteiger partial charge < -0.3 is 9.47 Å². The van der Waals surface area contributed by atoms with Crippen LogP contribution in [0.3, 0.4) is 0 Å². The van der Waals surface area contributed by atoms with E-state index in [0.717, 1.165) is 37.0 Å². The molecule has 5 saturated carbocycles. The van der Waals surface area contributed by atoms with Crippen molar-refractivity contribution in [1.82, 2.24) is 0 Å². The van der Waals surface area contributed by atoms with E-state index in [1.54, 1.807) is 6.92 Å². The maximum atomic E-state index is 13.7. The lowest BCUT2D eigenvalue weighted by molar-refractivity contribution is -0.237. The van der Waals surface area contributed by atoms with Crippen LogP contribution in [0.15, 0.2) is 0 Å². The molecule has 0 bridgehead atoms. The summed E-state index contributed by atoms with van der Waals surface area (Å²) in [5.41, 5.74) is 0.525. The topological polar surface area (TPSA) is 18.5 Å². The highest BCUT2D eigenvalue weighted by molar-refractivity contribution is 5.13. The van der Waals surface area contributed by atoms with Crippen molar-refractivity contribution in [3.8, 4) is 0 Å². The minimum atomic E-state index is -4.29. The summed E-state index contributed by atoms with van der Waals surface area (Å²) in [6, 6.07) is 0. The Morgan fingerprint density at radius 1 is 0.788 bits per heavy atom. The lowest BCUT2D eigenvalue weighted by Crippen LogP contribution is -2.57. The first-order valence-corrected chi connectivity index (χ1v) is 13.6. The van der Waals surface area contributed by atoms with Crippen molar-refractivity contribution < 1.29 is 22.6 Å². The molecule has 0 aromatic heterocycles. The normalized spacial score (nSPS) is 49.6. The van der Waals surface area contributed by atoms with Crippen molar-refractivity contribution in [3.63, 3.8) is 0 Å². The molecule has 5 aliphatic rings. The van der Waals surface area contributed by atoms with E-state index in [2.05, 4.69) is 13.8 Å². The average Bonchev–Trinajstić information content (AvgIpc) is 3.54. The second-order valence-electron chi connectivity index (χ2n) is 13.2. The van der Waals surface area contributed by atoms with Crippen LogP contribution in [0.4, 0.5) is 13.2 Å². The zero-order chi connectivity index (χ0) is 23.8. The van der Waals surface area contributed by atoms with Gasteiger partial charge >= 0.3 is 6.18 Å². The number of hydrogen-bond donors (Lipinski definition) is 0. The van der Waals surface area contributed by atoms with Crippen LogP contribution in [-0.4, -0.2) is 32.1 Å². The fourth-order valence-electron chi connectivity index (χ4n) is 10.4. The zero-order valence-corrected chi connectivity index (χ0v) is 21.3. The van der Waals surface area contributed by atoms with Crippen molar-refractivity contribution in [2.75, 3.05) is 14.2 Å². The summed E-state index contributed by atoms with van der Waals surface area (Å²) in [6.45, 7) is 6.71. The summed E-state index contributed by atoms with van der Waals surface area (Å²) in [4.78, 5) is 0. The maximum Gasteiger partial charge on any atom is 0.414 e. The Kier molecular flexibility index (Phi) is 6.00. The lowest BCUT2D eigenvalue weighted by Gasteiger charge is -2.63. The van der Waals surface area contributed by atoms with Gasteiger partial charge in [0.05, 0.1) is 5.60 Å². The van der Waals surface area contributed by atoms with Gasteiger partial charge in [-0.25, -0.2) is 0 Å². The van der Waals surface area contributed by atoms with E-state index in [-0.39, 0.29) is 16.9 Å². The molecule has 5 fully saturated rings. The molecule has 0 spiro atoms. The van der Waals surface area contributed by atoms with Crippen molar-refractivity contribution in [2.45, 2.75) is 109 Å². The first kappa shape index (κ1) is 24.4. The Morgan fingerprint density at radius 2 is 1.45 bits per heavy atom. The highest BCUT2D eigenvalue weighted by Crippen LogP contribution is 2.70. The molecule has 5 heteroatoms. The van der Waals surface area contributed by atoms with Crippen LogP contribution in [-0.2, 0) is 9.47 Å². The van der Waals surface area contributed by atoms with E-state index >= 15 is 0 Å². The first-order valence-electron chi connectivity index (χ1n) is 13.6. The predicted octanol–water partition coefficient (Wildman–Crippen LogP) is 7.65. The highest BCUT2D eigenvalue weighted by Gasteiger charge is 2.64. The molecule has 0 saturated heterocycles. The lowest BCUT2D eigenvalue weighted by atomic mass is 9.43. The SMILES string of the molecule is CO[C@@H]([C@@H](C)[C@H]1CC[C@H]2[C@@H]3CC[C@@H]4C[C@@](OC)(C5CC5)CC[C@]4(C)[C@H]3CC[C@]12C)C(F)(F)F. The van der Waals surface area contributed by atoms with Crippen molar-refractivity contribution in [2.24, 2.45) is 52.3 Å². The number of alkyl halides is 3. The van der Waals surface area contributed by atoms with E-state index in [9.17, 15) is 13.2 Å². The molecule has 2 nitrogen and oxygen atoms in total. The third-order valence-electron chi connectivity index (χ3n) is 12.2. The molecule has 5 rings (SSSR count). The molecular formula is C28H45F3O2. The van der Waals surface area contributed by atoms with Gasteiger partial charge in [-0.15, -0.1) is 0 Å². The highest BCUT2D eigenvalue weighted by atomic mass is 19.4. The number of ether oxygens (including phenoxy) is 2. The third-order valence-corrected chi connectivity index (χ3v) is 12.2. The second kappa shape index (κ2) is 8.11. The quantitative estimate of drug-likeness (QED) is 0.411. The van der Waals surface area contributed by atoms with Crippen LogP contribution >= 0.6 is 0 Å². The van der Waals surface area contributed by atoms with Gasteiger partial charge in [0, 0.05) is 14.2 Å². The summed E-state index contributed by atoms with van der Waals surface area (Å²) >= 11 is 0. The molecule has 0 radical (unpaired) electrons. The molecule has 0 amide bonds. The van der Waals surface area contributed by atoms with E-state index in [4.69, 9.17) is 9.47 Å². The summed E-state index contributed by atoms with van der Waals surface area (Å²) in [5.74, 6) is 3.13. The minimum absolute atomic E-state index is 0.0186. The largest absolute Gasteiger partial charge is 0.414 e. The van der Waals surface area contributed by atoms with Gasteiger partial charge in [-0.2, -0.15) is 13.2 Å². The number of methoxy groups -OCH3 is 2. The van der Waals surface area contributed by atoms with Gasteiger partial charge in [-0.1, -0.05) is 20.8 Å². The summed E-state index contributed by atoms with van der Waals surface area (Å²) in [5, 5.41) is 0. The van der Waals surface area contributed by atoms with Crippen LogP contribution in [0.1, 0.15) is 91.4 Å². The molecule has 0 heterocycles. The molecule has 0 aromatic rings. The van der Waals surface area contributed by atoms with Gasteiger partial charge in [-0.05, 0) is 123 Å². The third kappa shape index (κ3) is 3.64. The van der Waals surface area contributed by atoms with E-state index in [1.807, 2.05) is 7.11 Å². The monoisotopic (exact) mass is 470 g/mol. The minimum Gasteiger partial charge on any atom is -0.378 e. The van der Waals surface area contributed by atoms with Gasteiger partial charge in [0.15, 0.2) is 6.10 Å². The van der Waals surface area contributed by atoms with E-state index < -0.39 is 18.2 Å². The fourth-order valence-corrected chi connectivity index (χ4v) is 10.4. The molecule has 0 N–H and O–H groups in total. The Labute approximate surface area is 198 Å². The summed E-state index contributed by atoms with van der Waals surface area (Å²) in [7, 11) is 3.17. The summed E-state index contributed by atoms with van der Waals surface area (Å²) < 4.78 is 52.3. The first-order chi connectivity index (χ1) is 15.5. The Morgan fingerprint density at radius 3 is 2.06 bits per heavy atom. The van der Waals surface area contributed by atoms with Gasteiger partial charge in [0.1, 0.15) is 0 Å².